The van der Waals surface area contributed by atoms with Crippen LogP contribution in [0.25, 0.3) is 0 Å². The molecule has 1 aliphatic rings. The van der Waals surface area contributed by atoms with Crippen LogP contribution in [0.5, 0.6) is 0 Å². The summed E-state index contributed by atoms with van der Waals surface area (Å²) < 4.78 is 0. The molecular weight excluding hydrogens is 136 g/mol. The van der Waals surface area contributed by atoms with Crippen LogP contribution in [0.2, 0.25) is 0 Å². The molecule has 0 unspecified atom stereocenters. The van der Waals surface area contributed by atoms with Crippen molar-refractivity contribution >= 4 is 0 Å². The average molecular weight is 152 g/mol. The fraction of sp³-hybridized carbons (Fsp3) is 0.889. The van der Waals surface area contributed by atoms with Crippen LogP contribution < -0.4 is 5.73 Å². The van der Waals surface area contributed by atoms with Crippen molar-refractivity contribution in [2.45, 2.75) is 32.1 Å². The van der Waals surface area contributed by atoms with Gasteiger partial charge in [-0.15, -0.1) is 0 Å². The number of nitrogens with zero attached hydrogens (tertiary/aromatic N) is 1. The minimum atomic E-state index is 0.669. The lowest BCUT2D eigenvalue weighted by Crippen LogP contribution is -2.21. The molecule has 0 saturated heterocycles. The number of nitriles is 1. The standard InChI is InChI=1S/C9H16N2/c10-6-5-8-1-3-9(7-11)4-2-8/h8-9H,1-5,7,11H2. The molecule has 62 valence electrons. The molecule has 0 aromatic carbocycles. The molecule has 0 amide bonds. The van der Waals surface area contributed by atoms with Gasteiger partial charge >= 0.3 is 0 Å². The Balaban J connectivity index is 2.20. The second-order valence-corrected chi connectivity index (χ2v) is 3.48. The third-order valence-corrected chi connectivity index (χ3v) is 2.68. The lowest BCUT2D eigenvalue weighted by atomic mass is 9.81. The zero-order valence-electron chi connectivity index (χ0n) is 6.92. The first-order chi connectivity index (χ1) is 5.36. The van der Waals surface area contributed by atoms with E-state index >= 15 is 0 Å². The van der Waals surface area contributed by atoms with Crippen molar-refractivity contribution in [3.63, 3.8) is 0 Å². The molecule has 2 heteroatoms. The topological polar surface area (TPSA) is 49.8 Å². The quantitative estimate of drug-likeness (QED) is 0.654. The van der Waals surface area contributed by atoms with E-state index in [2.05, 4.69) is 6.07 Å². The number of hydrogen-bond donors (Lipinski definition) is 1. The fourth-order valence-electron chi connectivity index (χ4n) is 1.80. The van der Waals surface area contributed by atoms with Gasteiger partial charge in [0.15, 0.2) is 0 Å². The minimum Gasteiger partial charge on any atom is -0.330 e. The Bertz CT molecular complexity index is 140. The summed E-state index contributed by atoms with van der Waals surface area (Å²) in [6.07, 6.45) is 5.66. The van der Waals surface area contributed by atoms with Crippen LogP contribution in [-0.2, 0) is 0 Å². The molecule has 0 bridgehead atoms. The van der Waals surface area contributed by atoms with E-state index in [0.717, 1.165) is 18.9 Å². The summed E-state index contributed by atoms with van der Waals surface area (Å²) in [7, 11) is 0. The van der Waals surface area contributed by atoms with Crippen LogP contribution in [0.15, 0.2) is 0 Å². The molecule has 0 atom stereocenters. The number of nitrogens with two attached hydrogens (primary N) is 1. The van der Waals surface area contributed by atoms with Gasteiger partial charge in [-0.05, 0) is 44.1 Å². The van der Waals surface area contributed by atoms with Crippen molar-refractivity contribution in [1.29, 1.82) is 5.26 Å². The molecule has 0 spiro atoms. The summed E-state index contributed by atoms with van der Waals surface area (Å²) in [4.78, 5) is 0. The summed E-state index contributed by atoms with van der Waals surface area (Å²) in [5.74, 6) is 1.41. The first-order valence-electron chi connectivity index (χ1n) is 4.43. The maximum absolute atomic E-state index is 8.47. The molecule has 0 aromatic heterocycles. The van der Waals surface area contributed by atoms with E-state index in [1.54, 1.807) is 0 Å². The zero-order valence-corrected chi connectivity index (χ0v) is 6.92. The van der Waals surface area contributed by atoms with Gasteiger partial charge in [0.2, 0.25) is 0 Å². The predicted octanol–water partition coefficient (Wildman–Crippen LogP) is 1.67. The van der Waals surface area contributed by atoms with E-state index in [-0.39, 0.29) is 0 Å². The SMILES string of the molecule is N#CCC1CCC(CN)CC1. The summed E-state index contributed by atoms with van der Waals surface area (Å²) >= 11 is 0. The molecule has 11 heavy (non-hydrogen) atoms. The third-order valence-electron chi connectivity index (χ3n) is 2.68. The molecule has 0 aliphatic heterocycles. The van der Waals surface area contributed by atoms with Crippen molar-refractivity contribution in [3.05, 3.63) is 0 Å². The molecule has 1 aliphatic carbocycles. The monoisotopic (exact) mass is 152 g/mol. The normalized spacial score (nSPS) is 31.3. The van der Waals surface area contributed by atoms with E-state index in [0.29, 0.717) is 5.92 Å². The predicted molar refractivity (Wildman–Crippen MR) is 44.7 cm³/mol. The molecule has 1 saturated carbocycles. The highest BCUT2D eigenvalue weighted by Gasteiger charge is 2.19. The van der Waals surface area contributed by atoms with Gasteiger partial charge < -0.3 is 5.73 Å². The summed E-state index contributed by atoms with van der Waals surface area (Å²) in [6, 6.07) is 2.24. The van der Waals surface area contributed by atoms with Crippen LogP contribution in [0, 0.1) is 23.2 Å². The van der Waals surface area contributed by atoms with Gasteiger partial charge in [-0.2, -0.15) is 5.26 Å². The van der Waals surface area contributed by atoms with Crippen LogP contribution in [0.4, 0.5) is 0 Å². The Kier molecular flexibility index (Phi) is 3.38. The van der Waals surface area contributed by atoms with Gasteiger partial charge in [-0.1, -0.05) is 0 Å². The van der Waals surface area contributed by atoms with Crippen molar-refractivity contribution in [3.8, 4) is 6.07 Å². The van der Waals surface area contributed by atoms with Crippen molar-refractivity contribution in [2.24, 2.45) is 17.6 Å². The maximum Gasteiger partial charge on any atom is 0.0624 e. The zero-order chi connectivity index (χ0) is 8.10. The first-order valence-corrected chi connectivity index (χ1v) is 4.43. The third kappa shape index (κ3) is 2.51. The molecule has 0 aromatic rings. The Labute approximate surface area is 68.4 Å². The van der Waals surface area contributed by atoms with Gasteiger partial charge in [0.1, 0.15) is 0 Å². The lowest BCUT2D eigenvalue weighted by molar-refractivity contribution is 0.283. The van der Waals surface area contributed by atoms with E-state index in [1.807, 2.05) is 0 Å². The first kappa shape index (κ1) is 8.55. The Morgan fingerprint density at radius 3 is 2.18 bits per heavy atom. The molecule has 0 heterocycles. The summed E-state index contributed by atoms with van der Waals surface area (Å²) in [5, 5.41) is 8.47. The lowest BCUT2D eigenvalue weighted by Gasteiger charge is -2.25. The van der Waals surface area contributed by atoms with Crippen molar-refractivity contribution < 1.29 is 0 Å². The Morgan fingerprint density at radius 2 is 1.73 bits per heavy atom. The van der Waals surface area contributed by atoms with Crippen LogP contribution in [0.3, 0.4) is 0 Å². The number of hydrogen-bond acceptors (Lipinski definition) is 2. The maximum atomic E-state index is 8.47. The highest BCUT2D eigenvalue weighted by molar-refractivity contribution is 4.80. The van der Waals surface area contributed by atoms with Gasteiger partial charge in [0.25, 0.3) is 0 Å². The minimum absolute atomic E-state index is 0.669. The Hall–Kier alpha value is -0.550. The van der Waals surface area contributed by atoms with Crippen LogP contribution >= 0.6 is 0 Å². The highest BCUT2D eigenvalue weighted by atomic mass is 14.5. The van der Waals surface area contributed by atoms with E-state index in [1.165, 1.54) is 25.7 Å². The molecule has 2 nitrogen and oxygen atoms in total. The van der Waals surface area contributed by atoms with Crippen LogP contribution in [0.1, 0.15) is 32.1 Å². The summed E-state index contributed by atoms with van der Waals surface area (Å²) in [5.41, 5.74) is 5.56. The van der Waals surface area contributed by atoms with E-state index in [9.17, 15) is 0 Å². The largest absolute Gasteiger partial charge is 0.330 e. The second kappa shape index (κ2) is 4.35. The fourth-order valence-corrected chi connectivity index (χ4v) is 1.80. The van der Waals surface area contributed by atoms with Gasteiger partial charge in [0, 0.05) is 6.42 Å². The van der Waals surface area contributed by atoms with Gasteiger partial charge in [-0.25, -0.2) is 0 Å². The molecule has 2 N–H and O–H groups in total. The Morgan fingerprint density at radius 1 is 1.18 bits per heavy atom. The second-order valence-electron chi connectivity index (χ2n) is 3.48. The molecule has 1 rings (SSSR count). The van der Waals surface area contributed by atoms with Gasteiger partial charge in [0.05, 0.1) is 6.07 Å². The van der Waals surface area contributed by atoms with Crippen molar-refractivity contribution in [1.82, 2.24) is 0 Å². The smallest absolute Gasteiger partial charge is 0.0624 e. The molecule has 0 radical (unpaired) electrons. The molecular formula is C9H16N2. The van der Waals surface area contributed by atoms with Crippen LogP contribution in [-0.4, -0.2) is 6.54 Å². The average Bonchev–Trinajstić information content (AvgIpc) is 2.07. The molecule has 1 fully saturated rings. The van der Waals surface area contributed by atoms with E-state index in [4.69, 9.17) is 11.0 Å². The number of rotatable bonds is 2. The van der Waals surface area contributed by atoms with Crippen molar-refractivity contribution in [2.75, 3.05) is 6.54 Å². The van der Waals surface area contributed by atoms with Gasteiger partial charge in [-0.3, -0.25) is 0 Å². The highest BCUT2D eigenvalue weighted by Crippen LogP contribution is 2.29. The summed E-state index contributed by atoms with van der Waals surface area (Å²) in [6.45, 7) is 0.833. The van der Waals surface area contributed by atoms with E-state index < -0.39 is 0 Å².